The maximum absolute atomic E-state index is 12.7. The molecule has 25 heavy (non-hydrogen) atoms. The van der Waals surface area contributed by atoms with Gasteiger partial charge in [-0.15, -0.1) is 0 Å². The summed E-state index contributed by atoms with van der Waals surface area (Å²) < 4.78 is 43.8. The molecule has 1 heterocycles. The molecule has 0 bridgehead atoms. The number of methoxy groups -OCH3 is 1. The van der Waals surface area contributed by atoms with Gasteiger partial charge in [0.2, 0.25) is 16.8 Å². The molecule has 0 amide bonds. The van der Waals surface area contributed by atoms with Crippen molar-refractivity contribution in [2.45, 2.75) is 25.2 Å². The highest BCUT2D eigenvalue weighted by Crippen LogP contribution is 2.32. The van der Waals surface area contributed by atoms with Crippen molar-refractivity contribution in [1.82, 2.24) is 4.72 Å². The van der Waals surface area contributed by atoms with Crippen LogP contribution in [0.5, 0.6) is 17.2 Å². The third-order valence-electron chi connectivity index (χ3n) is 4.08. The second-order valence-corrected chi connectivity index (χ2v) is 7.63. The van der Waals surface area contributed by atoms with E-state index in [2.05, 4.69) is 4.72 Å². The maximum atomic E-state index is 12.7. The Hall–Kier alpha value is -2.25. The lowest BCUT2D eigenvalue weighted by molar-refractivity contribution is 0.174. The Morgan fingerprint density at radius 1 is 1.08 bits per heavy atom. The molecule has 1 aliphatic heterocycles. The number of nitrogens with one attached hydrogen (secondary N) is 1. The van der Waals surface area contributed by atoms with E-state index < -0.39 is 10.0 Å². The van der Waals surface area contributed by atoms with E-state index in [1.165, 1.54) is 0 Å². The Labute approximate surface area is 147 Å². The molecular weight excluding hydrogens is 342 g/mol. The van der Waals surface area contributed by atoms with Gasteiger partial charge in [0.15, 0.2) is 11.5 Å². The van der Waals surface area contributed by atoms with E-state index in [9.17, 15) is 8.42 Å². The van der Waals surface area contributed by atoms with E-state index in [4.69, 9.17) is 14.2 Å². The van der Waals surface area contributed by atoms with Gasteiger partial charge in [-0.05, 0) is 61.2 Å². The van der Waals surface area contributed by atoms with Gasteiger partial charge in [-0.1, -0.05) is 6.07 Å². The summed E-state index contributed by atoms with van der Waals surface area (Å²) in [5.74, 6) is 2.06. The maximum Gasteiger partial charge on any atom is 0.241 e. The van der Waals surface area contributed by atoms with Gasteiger partial charge in [0, 0.05) is 6.54 Å². The average Bonchev–Trinajstić information content (AvgIpc) is 3.01. The summed E-state index contributed by atoms with van der Waals surface area (Å²) in [7, 11) is -2.03. The van der Waals surface area contributed by atoms with Crippen molar-refractivity contribution in [3.8, 4) is 17.2 Å². The zero-order chi connectivity index (χ0) is 18.0. The van der Waals surface area contributed by atoms with Gasteiger partial charge in [-0.3, -0.25) is 0 Å². The predicted octanol–water partition coefficient (Wildman–Crippen LogP) is 2.56. The van der Waals surface area contributed by atoms with E-state index in [-0.39, 0.29) is 6.79 Å². The summed E-state index contributed by atoms with van der Waals surface area (Å²) in [4.78, 5) is 0.305. The Balaban J connectivity index is 1.70. The van der Waals surface area contributed by atoms with E-state index >= 15 is 0 Å². The average molecular weight is 363 g/mol. The molecule has 2 aromatic carbocycles. The number of hydrogen-bond acceptors (Lipinski definition) is 5. The highest BCUT2D eigenvalue weighted by molar-refractivity contribution is 7.89. The van der Waals surface area contributed by atoms with Crippen LogP contribution in [-0.4, -0.2) is 28.9 Å². The summed E-state index contributed by atoms with van der Waals surface area (Å²) in [6, 6.07) is 9.06. The number of hydrogen-bond donors (Lipinski definition) is 1. The van der Waals surface area contributed by atoms with Crippen LogP contribution in [0.4, 0.5) is 0 Å². The van der Waals surface area contributed by atoms with E-state index in [1.807, 2.05) is 18.2 Å². The van der Waals surface area contributed by atoms with Crippen LogP contribution in [0.1, 0.15) is 16.7 Å². The minimum atomic E-state index is -3.59. The van der Waals surface area contributed by atoms with Crippen LogP contribution in [0.15, 0.2) is 35.2 Å². The number of rotatable bonds is 6. The van der Waals surface area contributed by atoms with Gasteiger partial charge in [0.25, 0.3) is 0 Å². The van der Waals surface area contributed by atoms with Crippen molar-refractivity contribution in [2.75, 3.05) is 20.4 Å². The Morgan fingerprint density at radius 2 is 1.76 bits per heavy atom. The fourth-order valence-corrected chi connectivity index (χ4v) is 4.43. The molecule has 0 atom stereocenters. The monoisotopic (exact) mass is 363 g/mol. The third kappa shape index (κ3) is 3.72. The molecule has 1 N–H and O–H groups in total. The molecule has 0 unspecified atom stereocenters. The van der Waals surface area contributed by atoms with Crippen LogP contribution in [0.25, 0.3) is 0 Å². The minimum Gasteiger partial charge on any atom is -0.497 e. The van der Waals surface area contributed by atoms with Gasteiger partial charge < -0.3 is 14.2 Å². The van der Waals surface area contributed by atoms with Crippen molar-refractivity contribution in [3.63, 3.8) is 0 Å². The topological polar surface area (TPSA) is 73.9 Å². The highest BCUT2D eigenvalue weighted by atomic mass is 32.2. The standard InChI is InChI=1S/C18H21NO5S/c1-12-8-15(22-3)9-13(2)18(12)25(20,21)19-7-6-14-4-5-16-17(10-14)24-11-23-16/h4-5,8-10,19H,6-7,11H2,1-3H3. The van der Waals surface area contributed by atoms with Crippen LogP contribution in [-0.2, 0) is 16.4 Å². The molecule has 0 spiro atoms. The predicted molar refractivity (Wildman–Crippen MR) is 93.9 cm³/mol. The normalized spacial score (nSPS) is 13.1. The zero-order valence-corrected chi connectivity index (χ0v) is 15.3. The van der Waals surface area contributed by atoms with Crippen LogP contribution in [0, 0.1) is 13.8 Å². The molecule has 1 aliphatic rings. The van der Waals surface area contributed by atoms with Crippen molar-refractivity contribution >= 4 is 10.0 Å². The second kappa shape index (κ2) is 6.93. The molecule has 6 nitrogen and oxygen atoms in total. The van der Waals surface area contributed by atoms with Crippen molar-refractivity contribution in [2.24, 2.45) is 0 Å². The summed E-state index contributed by atoms with van der Waals surface area (Å²) in [6.45, 7) is 4.05. The first-order chi connectivity index (χ1) is 11.9. The van der Waals surface area contributed by atoms with Gasteiger partial charge in [0.1, 0.15) is 5.75 Å². The number of benzene rings is 2. The van der Waals surface area contributed by atoms with E-state index in [0.29, 0.717) is 46.2 Å². The molecular formula is C18H21NO5S. The molecule has 0 radical (unpaired) electrons. The van der Waals surface area contributed by atoms with Crippen molar-refractivity contribution < 1.29 is 22.6 Å². The minimum absolute atomic E-state index is 0.224. The first kappa shape index (κ1) is 17.6. The van der Waals surface area contributed by atoms with E-state index in [1.54, 1.807) is 33.1 Å². The summed E-state index contributed by atoms with van der Waals surface area (Å²) in [5, 5.41) is 0. The van der Waals surface area contributed by atoms with E-state index in [0.717, 1.165) is 5.56 Å². The van der Waals surface area contributed by atoms with Gasteiger partial charge in [-0.2, -0.15) is 0 Å². The number of fused-ring (bicyclic) bond motifs is 1. The lowest BCUT2D eigenvalue weighted by Crippen LogP contribution is -2.27. The van der Waals surface area contributed by atoms with Crippen LogP contribution in [0.3, 0.4) is 0 Å². The van der Waals surface area contributed by atoms with Crippen molar-refractivity contribution in [1.29, 1.82) is 0 Å². The number of aryl methyl sites for hydroxylation is 2. The number of ether oxygens (including phenoxy) is 3. The molecule has 0 saturated carbocycles. The van der Waals surface area contributed by atoms with Crippen LogP contribution in [0.2, 0.25) is 0 Å². The molecule has 134 valence electrons. The SMILES string of the molecule is COc1cc(C)c(S(=O)(=O)NCCc2ccc3c(c2)OCO3)c(C)c1. The summed E-state index contributed by atoms with van der Waals surface area (Å²) in [6.07, 6.45) is 0.560. The lowest BCUT2D eigenvalue weighted by atomic mass is 10.1. The van der Waals surface area contributed by atoms with Crippen LogP contribution < -0.4 is 18.9 Å². The van der Waals surface area contributed by atoms with Gasteiger partial charge in [0.05, 0.1) is 12.0 Å². The molecule has 0 aliphatic carbocycles. The molecule has 2 aromatic rings. The molecule has 7 heteroatoms. The summed E-state index contributed by atoms with van der Waals surface area (Å²) >= 11 is 0. The van der Waals surface area contributed by atoms with Crippen molar-refractivity contribution in [3.05, 3.63) is 47.0 Å². The Bertz CT molecular complexity index is 869. The van der Waals surface area contributed by atoms with Crippen LogP contribution >= 0.6 is 0 Å². The summed E-state index contributed by atoms with van der Waals surface area (Å²) in [5.41, 5.74) is 2.30. The first-order valence-corrected chi connectivity index (χ1v) is 9.42. The fraction of sp³-hybridized carbons (Fsp3) is 0.333. The second-order valence-electron chi connectivity index (χ2n) is 5.93. The molecule has 3 rings (SSSR count). The third-order valence-corrected chi connectivity index (χ3v) is 5.85. The molecule has 0 fully saturated rings. The Kier molecular flexibility index (Phi) is 4.87. The van der Waals surface area contributed by atoms with Gasteiger partial charge in [-0.25, -0.2) is 13.1 Å². The zero-order valence-electron chi connectivity index (χ0n) is 14.5. The Morgan fingerprint density at radius 3 is 2.44 bits per heavy atom. The lowest BCUT2D eigenvalue weighted by Gasteiger charge is -2.13. The quantitative estimate of drug-likeness (QED) is 0.854. The largest absolute Gasteiger partial charge is 0.497 e. The number of sulfonamides is 1. The molecule has 0 aromatic heterocycles. The molecule has 0 saturated heterocycles. The highest BCUT2D eigenvalue weighted by Gasteiger charge is 2.20. The fourth-order valence-electron chi connectivity index (χ4n) is 2.95. The van der Waals surface area contributed by atoms with Gasteiger partial charge >= 0.3 is 0 Å². The first-order valence-electron chi connectivity index (χ1n) is 7.94. The smallest absolute Gasteiger partial charge is 0.241 e.